The van der Waals surface area contributed by atoms with E-state index in [0.29, 0.717) is 16.0 Å². The van der Waals surface area contributed by atoms with Gasteiger partial charge in [0.05, 0.1) is 11.2 Å². The van der Waals surface area contributed by atoms with Crippen LogP contribution in [0.2, 0.25) is 5.02 Å². The van der Waals surface area contributed by atoms with E-state index in [9.17, 15) is 4.79 Å². The molecule has 1 saturated heterocycles. The Bertz CT molecular complexity index is 685. The molecule has 4 nitrogen and oxygen atoms in total. The first-order valence-electron chi connectivity index (χ1n) is 8.58. The number of carbonyl (C=O) groups is 1. The zero-order chi connectivity index (χ0) is 17.3. The van der Waals surface area contributed by atoms with Gasteiger partial charge in [0, 0.05) is 21.6 Å². The maximum atomic E-state index is 12.6. The van der Waals surface area contributed by atoms with E-state index in [-0.39, 0.29) is 11.4 Å². The molecule has 4 aliphatic rings. The molecule has 3 aliphatic carbocycles. The molecular formula is C18H23BClNO3. The normalized spacial score (nSPS) is 32.0. The van der Waals surface area contributed by atoms with Gasteiger partial charge in [-0.1, -0.05) is 11.6 Å². The van der Waals surface area contributed by atoms with Gasteiger partial charge in [0.2, 0.25) is 0 Å². The van der Waals surface area contributed by atoms with Crippen molar-refractivity contribution in [2.45, 2.75) is 63.7 Å². The number of nitrogens with one attached hydrogen (secondary N) is 1. The van der Waals surface area contributed by atoms with E-state index in [1.807, 2.05) is 27.7 Å². The fourth-order valence-corrected chi connectivity index (χ4v) is 3.99. The number of rotatable bonds is 3. The molecule has 1 aromatic rings. The van der Waals surface area contributed by atoms with Gasteiger partial charge in [0.1, 0.15) is 0 Å². The number of hydrogen-bond donors (Lipinski definition) is 1. The summed E-state index contributed by atoms with van der Waals surface area (Å²) in [5.74, 6) is 0.790. The molecule has 0 unspecified atom stereocenters. The summed E-state index contributed by atoms with van der Waals surface area (Å²) < 4.78 is 12.1. The number of hydrogen-bond acceptors (Lipinski definition) is 3. The lowest BCUT2D eigenvalue weighted by Crippen LogP contribution is -2.68. The van der Waals surface area contributed by atoms with Crippen molar-refractivity contribution in [1.29, 1.82) is 0 Å². The van der Waals surface area contributed by atoms with E-state index in [1.165, 1.54) is 0 Å². The first-order chi connectivity index (χ1) is 11.1. The number of benzene rings is 1. The van der Waals surface area contributed by atoms with Gasteiger partial charge in [-0.25, -0.2) is 0 Å². The lowest BCUT2D eigenvalue weighted by Gasteiger charge is -2.61. The van der Waals surface area contributed by atoms with Gasteiger partial charge < -0.3 is 14.6 Å². The predicted molar refractivity (Wildman–Crippen MR) is 94.7 cm³/mol. The van der Waals surface area contributed by atoms with Gasteiger partial charge in [-0.15, -0.1) is 0 Å². The van der Waals surface area contributed by atoms with E-state index in [2.05, 4.69) is 5.32 Å². The molecule has 3 saturated carbocycles. The SMILES string of the molecule is CC1(C)OB(c2cc(C(=O)NC34CC(C3)C4)ccc2Cl)OC1(C)C. The van der Waals surface area contributed by atoms with Crippen LogP contribution in [0.1, 0.15) is 57.3 Å². The number of amides is 1. The van der Waals surface area contributed by atoms with Crippen LogP contribution in [0.3, 0.4) is 0 Å². The Labute approximate surface area is 148 Å². The van der Waals surface area contributed by atoms with Crippen LogP contribution in [0, 0.1) is 5.92 Å². The van der Waals surface area contributed by atoms with Crippen molar-refractivity contribution in [1.82, 2.24) is 5.32 Å². The monoisotopic (exact) mass is 347 g/mol. The van der Waals surface area contributed by atoms with Crippen LogP contribution in [0.4, 0.5) is 0 Å². The van der Waals surface area contributed by atoms with Crippen LogP contribution in [0.5, 0.6) is 0 Å². The minimum atomic E-state index is -0.565. The Morgan fingerprint density at radius 2 is 1.75 bits per heavy atom. The number of halogens is 1. The summed E-state index contributed by atoms with van der Waals surface area (Å²) in [6.45, 7) is 8.00. The first kappa shape index (κ1) is 16.4. The van der Waals surface area contributed by atoms with Gasteiger partial charge in [0.15, 0.2) is 0 Å². The summed E-state index contributed by atoms with van der Waals surface area (Å²) in [4.78, 5) is 12.6. The van der Waals surface area contributed by atoms with Crippen molar-refractivity contribution < 1.29 is 14.1 Å². The van der Waals surface area contributed by atoms with Gasteiger partial charge in [0.25, 0.3) is 5.91 Å². The summed E-state index contributed by atoms with van der Waals surface area (Å²) in [6, 6.07) is 5.31. The Kier molecular flexibility index (Phi) is 3.42. The third kappa shape index (κ3) is 2.40. The van der Waals surface area contributed by atoms with Crippen molar-refractivity contribution in [3.05, 3.63) is 28.8 Å². The van der Waals surface area contributed by atoms with E-state index in [4.69, 9.17) is 20.9 Å². The molecule has 5 rings (SSSR count). The summed E-state index contributed by atoms with van der Waals surface area (Å²) in [5.41, 5.74) is 0.497. The zero-order valence-corrected chi connectivity index (χ0v) is 15.4. The van der Waals surface area contributed by atoms with Gasteiger partial charge in [-0.2, -0.15) is 0 Å². The second kappa shape index (κ2) is 4.99. The molecule has 1 N–H and O–H groups in total. The third-order valence-electron chi connectivity index (χ3n) is 6.18. The second-order valence-electron chi connectivity index (χ2n) is 8.54. The molecule has 2 bridgehead atoms. The molecule has 1 heterocycles. The largest absolute Gasteiger partial charge is 0.496 e. The average molecular weight is 348 g/mol. The summed E-state index contributed by atoms with van der Waals surface area (Å²) in [6.07, 6.45) is 3.36. The molecule has 1 amide bonds. The highest BCUT2D eigenvalue weighted by Gasteiger charge is 2.57. The van der Waals surface area contributed by atoms with Crippen LogP contribution in [0.15, 0.2) is 18.2 Å². The fraction of sp³-hybridized carbons (Fsp3) is 0.611. The minimum Gasteiger partial charge on any atom is -0.399 e. The lowest BCUT2D eigenvalue weighted by molar-refractivity contribution is -0.0438. The van der Waals surface area contributed by atoms with Crippen LogP contribution in [-0.2, 0) is 9.31 Å². The van der Waals surface area contributed by atoms with Gasteiger partial charge >= 0.3 is 7.12 Å². The molecule has 1 aliphatic heterocycles. The smallest absolute Gasteiger partial charge is 0.399 e. The molecule has 6 heteroatoms. The highest BCUT2D eigenvalue weighted by Crippen LogP contribution is 2.57. The molecular weight excluding hydrogens is 324 g/mol. The molecule has 24 heavy (non-hydrogen) atoms. The minimum absolute atomic E-state index is 0.0393. The van der Waals surface area contributed by atoms with Crippen molar-refractivity contribution in [3.8, 4) is 0 Å². The van der Waals surface area contributed by atoms with Crippen molar-refractivity contribution in [2.24, 2.45) is 5.92 Å². The van der Waals surface area contributed by atoms with Crippen molar-refractivity contribution in [2.75, 3.05) is 0 Å². The summed E-state index contributed by atoms with van der Waals surface area (Å²) >= 11 is 6.35. The standard InChI is InChI=1S/C18H23BClNO3/c1-16(2)17(3,4)24-19(23-16)13-7-12(5-6-14(13)20)15(22)21-18-8-11(9-18)10-18/h5-7,11H,8-10H2,1-4H3,(H,21,22). The lowest BCUT2D eigenvalue weighted by atomic mass is 9.50. The maximum absolute atomic E-state index is 12.6. The zero-order valence-electron chi connectivity index (χ0n) is 14.6. The molecule has 4 fully saturated rings. The Hall–Kier alpha value is -1.04. The van der Waals surface area contributed by atoms with E-state index >= 15 is 0 Å². The molecule has 0 aromatic heterocycles. The molecule has 0 radical (unpaired) electrons. The third-order valence-corrected chi connectivity index (χ3v) is 6.53. The molecule has 1 aromatic carbocycles. The highest BCUT2D eigenvalue weighted by atomic mass is 35.5. The Morgan fingerprint density at radius 3 is 2.25 bits per heavy atom. The number of carbonyl (C=O) groups excluding carboxylic acids is 1. The van der Waals surface area contributed by atoms with Gasteiger partial charge in [-0.3, -0.25) is 4.79 Å². The van der Waals surface area contributed by atoms with Crippen LogP contribution in [0.25, 0.3) is 0 Å². The first-order valence-corrected chi connectivity index (χ1v) is 8.96. The second-order valence-corrected chi connectivity index (χ2v) is 8.94. The molecule has 128 valence electrons. The summed E-state index contributed by atoms with van der Waals surface area (Å²) in [7, 11) is -0.565. The van der Waals surface area contributed by atoms with Gasteiger partial charge in [-0.05, 0) is 71.1 Å². The van der Waals surface area contributed by atoms with Crippen molar-refractivity contribution in [3.63, 3.8) is 0 Å². The Morgan fingerprint density at radius 1 is 1.17 bits per heavy atom. The van der Waals surface area contributed by atoms with Crippen LogP contribution in [-0.4, -0.2) is 29.8 Å². The van der Waals surface area contributed by atoms with Crippen molar-refractivity contribution >= 4 is 30.1 Å². The highest BCUT2D eigenvalue weighted by molar-refractivity contribution is 6.65. The van der Waals surface area contributed by atoms with Crippen LogP contribution >= 0.6 is 11.6 Å². The molecule has 0 spiro atoms. The quantitative estimate of drug-likeness (QED) is 0.855. The summed E-state index contributed by atoms with van der Waals surface area (Å²) in [5, 5.41) is 3.73. The fourth-order valence-electron chi connectivity index (χ4n) is 3.78. The topological polar surface area (TPSA) is 47.6 Å². The van der Waals surface area contributed by atoms with E-state index in [0.717, 1.165) is 25.2 Å². The van der Waals surface area contributed by atoms with Crippen LogP contribution < -0.4 is 10.8 Å². The van der Waals surface area contributed by atoms with E-state index in [1.54, 1.807) is 18.2 Å². The predicted octanol–water partition coefficient (Wildman–Crippen LogP) is 2.92. The average Bonchev–Trinajstić information content (AvgIpc) is 2.61. The maximum Gasteiger partial charge on any atom is 0.496 e. The van der Waals surface area contributed by atoms with E-state index < -0.39 is 18.3 Å². The Balaban J connectivity index is 1.57. The molecule has 0 atom stereocenters.